The second kappa shape index (κ2) is 6.04. The first-order valence-corrected chi connectivity index (χ1v) is 7.24. The molecule has 1 heterocycles. The van der Waals surface area contributed by atoms with Crippen LogP contribution >= 0.6 is 27.5 Å². The van der Waals surface area contributed by atoms with E-state index in [1.165, 1.54) is 0 Å². The first kappa shape index (κ1) is 13.8. The monoisotopic (exact) mass is 330 g/mol. The fourth-order valence-electron chi connectivity index (χ4n) is 2.20. The summed E-state index contributed by atoms with van der Waals surface area (Å²) in [5.74, 6) is 0.340. The first-order valence-electron chi connectivity index (χ1n) is 6.07. The minimum atomic E-state index is -0.131. The van der Waals surface area contributed by atoms with Crippen molar-refractivity contribution in [2.24, 2.45) is 5.92 Å². The second-order valence-corrected chi connectivity index (χ2v) is 5.99. The lowest BCUT2D eigenvalue weighted by Gasteiger charge is -2.29. The number of benzene rings is 1. The molecule has 2 rings (SSSR count). The molecule has 1 amide bonds. The highest BCUT2D eigenvalue weighted by molar-refractivity contribution is 9.10. The van der Waals surface area contributed by atoms with Crippen LogP contribution in [0.1, 0.15) is 19.8 Å². The molecule has 1 saturated heterocycles. The van der Waals surface area contributed by atoms with Gasteiger partial charge in [-0.3, -0.25) is 4.79 Å². The van der Waals surface area contributed by atoms with Crippen LogP contribution in [0.3, 0.4) is 0 Å². The summed E-state index contributed by atoms with van der Waals surface area (Å²) in [4.78, 5) is 12.2. The molecular weight excluding hydrogens is 316 g/mol. The van der Waals surface area contributed by atoms with Crippen molar-refractivity contribution in [1.29, 1.82) is 0 Å². The van der Waals surface area contributed by atoms with E-state index in [0.717, 1.165) is 23.9 Å². The summed E-state index contributed by atoms with van der Waals surface area (Å²) in [6.07, 6.45) is 2.21. The molecule has 3 nitrogen and oxygen atoms in total. The van der Waals surface area contributed by atoms with Gasteiger partial charge in [0.2, 0.25) is 5.91 Å². The Labute approximate surface area is 120 Å². The van der Waals surface area contributed by atoms with Crippen molar-refractivity contribution in [3.8, 4) is 0 Å². The molecule has 0 radical (unpaired) electrons. The first-order chi connectivity index (χ1) is 8.58. The van der Waals surface area contributed by atoms with Gasteiger partial charge in [-0.2, -0.15) is 0 Å². The zero-order valence-electron chi connectivity index (χ0n) is 10.2. The molecular formula is C13H16BrClN2O. The molecule has 1 aromatic rings. The Bertz CT molecular complexity index is 453. The lowest BCUT2D eigenvalue weighted by atomic mass is 9.92. The van der Waals surface area contributed by atoms with Gasteiger partial charge in [0.15, 0.2) is 0 Å². The highest BCUT2D eigenvalue weighted by Gasteiger charge is 2.27. The van der Waals surface area contributed by atoms with Gasteiger partial charge in [-0.15, -0.1) is 0 Å². The van der Waals surface area contributed by atoms with E-state index in [4.69, 9.17) is 11.6 Å². The van der Waals surface area contributed by atoms with Crippen LogP contribution in [0, 0.1) is 5.92 Å². The summed E-state index contributed by atoms with van der Waals surface area (Å²) >= 11 is 9.43. The summed E-state index contributed by atoms with van der Waals surface area (Å²) in [5, 5.41) is 6.69. The predicted octanol–water partition coefficient (Wildman–Crippen LogP) is 3.43. The maximum atomic E-state index is 12.2. The third-order valence-corrected chi connectivity index (χ3v) is 4.06. The molecule has 1 aliphatic heterocycles. The minimum Gasteiger partial charge on any atom is -0.323 e. The maximum Gasteiger partial charge on any atom is 0.241 e. The summed E-state index contributed by atoms with van der Waals surface area (Å²) in [6, 6.07) is 5.29. The van der Waals surface area contributed by atoms with Gasteiger partial charge in [0.05, 0.1) is 16.8 Å². The van der Waals surface area contributed by atoms with Crippen LogP contribution in [0.25, 0.3) is 0 Å². The van der Waals surface area contributed by atoms with Gasteiger partial charge in [-0.1, -0.05) is 34.5 Å². The normalized spacial score (nSPS) is 23.7. The number of hydrogen-bond donors (Lipinski definition) is 2. The molecule has 2 N–H and O–H groups in total. The van der Waals surface area contributed by atoms with Gasteiger partial charge in [-0.05, 0) is 43.5 Å². The Morgan fingerprint density at radius 1 is 1.56 bits per heavy atom. The average Bonchev–Trinajstić information content (AvgIpc) is 2.34. The van der Waals surface area contributed by atoms with E-state index in [-0.39, 0.29) is 11.9 Å². The van der Waals surface area contributed by atoms with Crippen LogP contribution < -0.4 is 10.6 Å². The number of amides is 1. The Balaban J connectivity index is 2.08. The molecule has 0 bridgehead atoms. The fraction of sp³-hybridized carbons (Fsp3) is 0.462. The van der Waals surface area contributed by atoms with E-state index in [1.54, 1.807) is 6.07 Å². The van der Waals surface area contributed by atoms with Crippen LogP contribution in [0.4, 0.5) is 5.69 Å². The second-order valence-electron chi connectivity index (χ2n) is 4.66. The number of carbonyl (C=O) groups is 1. The quantitative estimate of drug-likeness (QED) is 0.872. The standard InChI is InChI=1S/C13H16BrClN2O/c1-8-3-2-6-16-12(8)13(18)17-11-7-9(14)4-5-10(11)15/h4-5,7-8,12,16H,2-3,6H2,1H3,(H,17,18). The van der Waals surface area contributed by atoms with E-state index in [0.29, 0.717) is 16.6 Å². The van der Waals surface area contributed by atoms with Gasteiger partial charge >= 0.3 is 0 Å². The summed E-state index contributed by atoms with van der Waals surface area (Å²) in [7, 11) is 0. The summed E-state index contributed by atoms with van der Waals surface area (Å²) < 4.78 is 0.895. The zero-order chi connectivity index (χ0) is 13.1. The molecule has 0 spiro atoms. The molecule has 2 unspecified atom stereocenters. The SMILES string of the molecule is CC1CCCNC1C(=O)Nc1cc(Br)ccc1Cl. The lowest BCUT2D eigenvalue weighted by Crippen LogP contribution is -2.48. The molecule has 0 saturated carbocycles. The fourth-order valence-corrected chi connectivity index (χ4v) is 2.73. The van der Waals surface area contributed by atoms with E-state index < -0.39 is 0 Å². The van der Waals surface area contributed by atoms with E-state index in [9.17, 15) is 4.79 Å². The van der Waals surface area contributed by atoms with Gasteiger partial charge in [0.25, 0.3) is 0 Å². The van der Waals surface area contributed by atoms with E-state index in [1.807, 2.05) is 12.1 Å². The van der Waals surface area contributed by atoms with Gasteiger partial charge in [0.1, 0.15) is 0 Å². The third kappa shape index (κ3) is 3.25. The number of nitrogens with one attached hydrogen (secondary N) is 2. The number of rotatable bonds is 2. The largest absolute Gasteiger partial charge is 0.323 e. The molecule has 1 aliphatic rings. The van der Waals surface area contributed by atoms with Gasteiger partial charge in [-0.25, -0.2) is 0 Å². The number of piperidine rings is 1. The Morgan fingerprint density at radius 2 is 2.33 bits per heavy atom. The smallest absolute Gasteiger partial charge is 0.241 e. The van der Waals surface area contributed by atoms with E-state index in [2.05, 4.69) is 33.5 Å². The van der Waals surface area contributed by atoms with Crippen molar-refractivity contribution >= 4 is 39.1 Å². The summed E-state index contributed by atoms with van der Waals surface area (Å²) in [5.41, 5.74) is 0.649. The third-order valence-electron chi connectivity index (χ3n) is 3.24. The molecule has 5 heteroatoms. The van der Waals surface area contributed by atoms with Crippen LogP contribution in [-0.2, 0) is 4.79 Å². The molecule has 18 heavy (non-hydrogen) atoms. The lowest BCUT2D eigenvalue weighted by molar-refractivity contribution is -0.119. The number of halogens is 2. The van der Waals surface area contributed by atoms with Crippen molar-refractivity contribution in [3.05, 3.63) is 27.7 Å². The van der Waals surface area contributed by atoms with Gasteiger partial charge < -0.3 is 10.6 Å². The Morgan fingerprint density at radius 3 is 3.06 bits per heavy atom. The maximum absolute atomic E-state index is 12.2. The highest BCUT2D eigenvalue weighted by Crippen LogP contribution is 2.26. The average molecular weight is 332 g/mol. The molecule has 98 valence electrons. The van der Waals surface area contributed by atoms with Crippen LogP contribution in [-0.4, -0.2) is 18.5 Å². The van der Waals surface area contributed by atoms with Crippen LogP contribution in [0.15, 0.2) is 22.7 Å². The van der Waals surface area contributed by atoms with Crippen LogP contribution in [0.2, 0.25) is 5.02 Å². The number of carbonyl (C=O) groups excluding carboxylic acids is 1. The van der Waals surface area contributed by atoms with Crippen molar-refractivity contribution in [3.63, 3.8) is 0 Å². The van der Waals surface area contributed by atoms with Gasteiger partial charge in [0, 0.05) is 4.47 Å². The van der Waals surface area contributed by atoms with Crippen LogP contribution in [0.5, 0.6) is 0 Å². The van der Waals surface area contributed by atoms with E-state index >= 15 is 0 Å². The molecule has 1 aromatic carbocycles. The zero-order valence-corrected chi connectivity index (χ0v) is 12.5. The highest BCUT2D eigenvalue weighted by atomic mass is 79.9. The summed E-state index contributed by atoms with van der Waals surface area (Å²) in [6.45, 7) is 2.99. The molecule has 1 fully saturated rings. The van der Waals surface area contributed by atoms with Crippen molar-refractivity contribution < 1.29 is 4.79 Å². The number of anilines is 1. The molecule has 0 aromatic heterocycles. The number of hydrogen-bond acceptors (Lipinski definition) is 2. The minimum absolute atomic E-state index is 0.0119. The Hall–Kier alpha value is -0.580. The van der Waals surface area contributed by atoms with Crippen molar-refractivity contribution in [2.75, 3.05) is 11.9 Å². The van der Waals surface area contributed by atoms with Crippen molar-refractivity contribution in [2.45, 2.75) is 25.8 Å². The topological polar surface area (TPSA) is 41.1 Å². The molecule has 2 atom stereocenters. The van der Waals surface area contributed by atoms with Crippen molar-refractivity contribution in [1.82, 2.24) is 5.32 Å². The predicted molar refractivity (Wildman–Crippen MR) is 78.0 cm³/mol. The Kier molecular flexibility index (Phi) is 4.65. The molecule has 0 aliphatic carbocycles.